The monoisotopic (exact) mass is 256 g/mol. The summed E-state index contributed by atoms with van der Waals surface area (Å²) in [4.78, 5) is 16.9. The van der Waals surface area contributed by atoms with Crippen LogP contribution in [-0.4, -0.2) is 31.5 Å². The van der Waals surface area contributed by atoms with Crippen molar-refractivity contribution in [3.63, 3.8) is 0 Å². The number of carbonyl (C=O) groups is 1. The fourth-order valence-corrected chi connectivity index (χ4v) is 1.67. The average Bonchev–Trinajstić information content (AvgIpc) is 2.48. The molecule has 98 valence electrons. The van der Waals surface area contributed by atoms with Gasteiger partial charge in [0.15, 0.2) is 0 Å². The van der Waals surface area contributed by atoms with Crippen LogP contribution in [-0.2, 0) is 0 Å². The molecule has 1 aromatic heterocycles. The van der Waals surface area contributed by atoms with Crippen molar-refractivity contribution in [2.45, 2.75) is 0 Å². The van der Waals surface area contributed by atoms with E-state index >= 15 is 0 Å². The molecule has 1 aromatic carbocycles. The number of aromatic nitrogens is 1. The van der Waals surface area contributed by atoms with Crippen LogP contribution < -0.4 is 9.64 Å². The summed E-state index contributed by atoms with van der Waals surface area (Å²) in [5.74, 6) is 1.62. The summed E-state index contributed by atoms with van der Waals surface area (Å²) in [5.41, 5.74) is 0.621. The van der Waals surface area contributed by atoms with Crippen LogP contribution in [0.3, 0.4) is 0 Å². The molecule has 0 unspecified atom stereocenters. The minimum absolute atomic E-state index is 0.537. The molecule has 0 amide bonds. The van der Waals surface area contributed by atoms with E-state index in [0.29, 0.717) is 17.9 Å². The van der Waals surface area contributed by atoms with Crippen LogP contribution in [0.4, 0.5) is 5.82 Å². The minimum atomic E-state index is 0.537. The molecule has 2 aromatic rings. The van der Waals surface area contributed by atoms with Crippen LogP contribution in [0.25, 0.3) is 0 Å². The third-order valence-electron chi connectivity index (χ3n) is 2.73. The van der Waals surface area contributed by atoms with E-state index in [1.165, 1.54) is 0 Å². The highest BCUT2D eigenvalue weighted by Crippen LogP contribution is 2.12. The van der Waals surface area contributed by atoms with E-state index in [2.05, 4.69) is 4.98 Å². The molecule has 19 heavy (non-hydrogen) atoms. The van der Waals surface area contributed by atoms with Crippen LogP contribution in [0.1, 0.15) is 10.4 Å². The zero-order valence-electron chi connectivity index (χ0n) is 10.8. The number of benzene rings is 1. The molecular weight excluding hydrogens is 240 g/mol. The highest BCUT2D eigenvalue weighted by molar-refractivity contribution is 5.75. The van der Waals surface area contributed by atoms with Crippen molar-refractivity contribution in [3.05, 3.63) is 54.2 Å². The van der Waals surface area contributed by atoms with Gasteiger partial charge in [-0.1, -0.05) is 18.2 Å². The molecule has 0 saturated carbocycles. The van der Waals surface area contributed by atoms with Crippen LogP contribution in [0.5, 0.6) is 5.75 Å². The molecule has 4 heteroatoms. The summed E-state index contributed by atoms with van der Waals surface area (Å²) in [7, 11) is 1.97. The molecule has 0 radical (unpaired) electrons. The highest BCUT2D eigenvalue weighted by atomic mass is 16.5. The first-order valence-corrected chi connectivity index (χ1v) is 6.10. The van der Waals surface area contributed by atoms with Gasteiger partial charge in [-0.25, -0.2) is 4.98 Å². The van der Waals surface area contributed by atoms with Crippen molar-refractivity contribution in [2.75, 3.05) is 25.1 Å². The number of anilines is 1. The van der Waals surface area contributed by atoms with Crippen molar-refractivity contribution < 1.29 is 9.53 Å². The number of ether oxygens (including phenoxy) is 1. The zero-order chi connectivity index (χ0) is 13.5. The third-order valence-corrected chi connectivity index (χ3v) is 2.73. The summed E-state index contributed by atoms with van der Waals surface area (Å²) >= 11 is 0. The Morgan fingerprint density at radius 3 is 2.89 bits per heavy atom. The molecule has 0 bridgehead atoms. The molecular formula is C15H16N2O2. The van der Waals surface area contributed by atoms with Gasteiger partial charge in [-0.2, -0.15) is 0 Å². The topological polar surface area (TPSA) is 42.4 Å². The first-order chi connectivity index (χ1) is 9.29. The maximum atomic E-state index is 10.7. The quantitative estimate of drug-likeness (QED) is 0.744. The van der Waals surface area contributed by atoms with Crippen molar-refractivity contribution in [3.8, 4) is 5.75 Å². The Morgan fingerprint density at radius 1 is 1.26 bits per heavy atom. The molecule has 0 spiro atoms. The van der Waals surface area contributed by atoms with Gasteiger partial charge in [-0.05, 0) is 24.3 Å². The maximum absolute atomic E-state index is 10.7. The third kappa shape index (κ3) is 3.81. The van der Waals surface area contributed by atoms with Crippen LogP contribution in [0.15, 0.2) is 48.7 Å². The number of hydrogen-bond acceptors (Lipinski definition) is 4. The molecule has 0 N–H and O–H groups in total. The van der Waals surface area contributed by atoms with E-state index in [9.17, 15) is 4.79 Å². The lowest BCUT2D eigenvalue weighted by Gasteiger charge is -2.18. The highest BCUT2D eigenvalue weighted by Gasteiger charge is 2.01. The lowest BCUT2D eigenvalue weighted by Crippen LogP contribution is -2.24. The number of rotatable bonds is 6. The van der Waals surface area contributed by atoms with Crippen molar-refractivity contribution >= 4 is 12.1 Å². The van der Waals surface area contributed by atoms with E-state index in [1.807, 2.05) is 42.3 Å². The molecule has 0 aliphatic rings. The Labute approximate surface area is 112 Å². The number of hydrogen-bond donors (Lipinski definition) is 0. The van der Waals surface area contributed by atoms with E-state index in [4.69, 9.17) is 4.74 Å². The molecule has 0 saturated heterocycles. The number of likely N-dealkylation sites (N-methyl/N-ethyl adjacent to an activating group) is 1. The van der Waals surface area contributed by atoms with Crippen molar-refractivity contribution in [2.24, 2.45) is 0 Å². The van der Waals surface area contributed by atoms with Gasteiger partial charge in [0.25, 0.3) is 0 Å². The first kappa shape index (κ1) is 13.1. The Hall–Kier alpha value is -2.36. The molecule has 0 aliphatic heterocycles. The molecule has 1 heterocycles. The minimum Gasteiger partial charge on any atom is -0.492 e. The summed E-state index contributed by atoms with van der Waals surface area (Å²) < 4.78 is 5.61. The smallest absolute Gasteiger partial charge is 0.150 e. The number of aldehydes is 1. The van der Waals surface area contributed by atoms with E-state index in [0.717, 1.165) is 18.6 Å². The van der Waals surface area contributed by atoms with Gasteiger partial charge in [0.1, 0.15) is 24.5 Å². The second kappa shape index (κ2) is 6.54. The van der Waals surface area contributed by atoms with Gasteiger partial charge in [0.05, 0.1) is 6.54 Å². The van der Waals surface area contributed by atoms with Gasteiger partial charge in [0.2, 0.25) is 0 Å². The summed E-state index contributed by atoms with van der Waals surface area (Å²) in [6.07, 6.45) is 2.58. The normalized spacial score (nSPS) is 9.95. The predicted octanol–water partition coefficient (Wildman–Crippen LogP) is 2.41. The van der Waals surface area contributed by atoms with E-state index in [-0.39, 0.29) is 0 Å². The second-order valence-electron chi connectivity index (χ2n) is 4.15. The van der Waals surface area contributed by atoms with Gasteiger partial charge in [-0.3, -0.25) is 4.79 Å². The number of pyridine rings is 1. The van der Waals surface area contributed by atoms with Crippen LogP contribution in [0.2, 0.25) is 0 Å². The second-order valence-corrected chi connectivity index (χ2v) is 4.15. The van der Waals surface area contributed by atoms with Gasteiger partial charge >= 0.3 is 0 Å². The van der Waals surface area contributed by atoms with E-state index in [1.54, 1.807) is 18.3 Å². The lowest BCUT2D eigenvalue weighted by molar-refractivity contribution is 0.112. The summed E-state index contributed by atoms with van der Waals surface area (Å²) in [6.45, 7) is 1.26. The molecule has 4 nitrogen and oxygen atoms in total. The zero-order valence-corrected chi connectivity index (χ0v) is 10.8. The van der Waals surface area contributed by atoms with Crippen LogP contribution >= 0.6 is 0 Å². The Kier molecular flexibility index (Phi) is 4.50. The Morgan fingerprint density at radius 2 is 2.16 bits per heavy atom. The molecule has 0 fully saturated rings. The van der Waals surface area contributed by atoms with Crippen molar-refractivity contribution in [1.29, 1.82) is 0 Å². The van der Waals surface area contributed by atoms with E-state index < -0.39 is 0 Å². The van der Waals surface area contributed by atoms with Crippen molar-refractivity contribution in [1.82, 2.24) is 4.98 Å². The maximum Gasteiger partial charge on any atom is 0.150 e. The Balaban J connectivity index is 1.84. The fourth-order valence-electron chi connectivity index (χ4n) is 1.67. The van der Waals surface area contributed by atoms with Crippen LogP contribution in [0, 0.1) is 0 Å². The Bertz CT molecular complexity index is 529. The fraction of sp³-hybridized carbons (Fsp3) is 0.200. The molecule has 0 atom stereocenters. The number of nitrogens with zero attached hydrogens (tertiary/aromatic N) is 2. The summed E-state index contributed by atoms with van der Waals surface area (Å²) in [5, 5.41) is 0. The molecule has 0 aliphatic carbocycles. The largest absolute Gasteiger partial charge is 0.492 e. The summed E-state index contributed by atoms with van der Waals surface area (Å²) in [6, 6.07) is 12.9. The predicted molar refractivity (Wildman–Crippen MR) is 74.8 cm³/mol. The van der Waals surface area contributed by atoms with Gasteiger partial charge in [0, 0.05) is 18.8 Å². The lowest BCUT2D eigenvalue weighted by atomic mass is 10.2. The standard InChI is InChI=1S/C15H16N2O2/c1-17(15-7-2-3-8-16-15)9-10-19-14-6-4-5-13(11-14)12-18/h2-8,11-12H,9-10H2,1H3. The first-order valence-electron chi connectivity index (χ1n) is 6.10. The van der Waals surface area contributed by atoms with Gasteiger partial charge < -0.3 is 9.64 Å². The number of carbonyl (C=O) groups excluding carboxylic acids is 1. The average molecular weight is 256 g/mol. The SMILES string of the molecule is CN(CCOc1cccc(C=O)c1)c1ccccn1. The van der Waals surface area contributed by atoms with Gasteiger partial charge in [-0.15, -0.1) is 0 Å². The molecule has 2 rings (SSSR count).